The number of rotatable bonds is 7. The summed E-state index contributed by atoms with van der Waals surface area (Å²) in [5, 5.41) is 3.48. The van der Waals surface area contributed by atoms with Gasteiger partial charge in [-0.2, -0.15) is 0 Å². The first-order valence-corrected chi connectivity index (χ1v) is 9.96. The average Bonchev–Trinajstić information content (AvgIpc) is 3.17. The van der Waals surface area contributed by atoms with Crippen molar-refractivity contribution in [2.45, 2.75) is 26.0 Å². The minimum atomic E-state index is -1.05. The highest BCUT2D eigenvalue weighted by molar-refractivity contribution is 7.14. The van der Waals surface area contributed by atoms with Gasteiger partial charge in [0.25, 0.3) is 5.91 Å². The van der Waals surface area contributed by atoms with Crippen LogP contribution >= 0.6 is 22.9 Å². The molecule has 6 heteroatoms. The van der Waals surface area contributed by atoms with Gasteiger partial charge >= 0.3 is 0 Å². The number of ketones is 1. The molecule has 4 nitrogen and oxygen atoms in total. The van der Waals surface area contributed by atoms with E-state index in [1.165, 1.54) is 11.3 Å². The molecule has 2 aromatic carbocycles. The van der Waals surface area contributed by atoms with Gasteiger partial charge in [-0.15, -0.1) is 11.3 Å². The molecule has 1 amide bonds. The van der Waals surface area contributed by atoms with Gasteiger partial charge in [-0.05, 0) is 50.2 Å². The first-order chi connectivity index (χ1) is 13.3. The van der Waals surface area contributed by atoms with Gasteiger partial charge in [-0.25, -0.2) is 0 Å². The minimum Gasteiger partial charge on any atom is -0.478 e. The summed E-state index contributed by atoms with van der Waals surface area (Å²) in [6.45, 7) is 3.74. The quantitative estimate of drug-likeness (QED) is 0.548. The smallest absolute Gasteiger partial charge is 0.263 e. The maximum absolute atomic E-state index is 12.5. The largest absolute Gasteiger partial charge is 0.478 e. The Morgan fingerprint density at radius 2 is 1.68 bits per heavy atom. The van der Waals surface area contributed by atoms with Crippen LogP contribution in [0.1, 0.15) is 34.0 Å². The van der Waals surface area contributed by atoms with Crippen molar-refractivity contribution in [1.29, 1.82) is 0 Å². The number of thiophene rings is 1. The van der Waals surface area contributed by atoms with E-state index in [-0.39, 0.29) is 11.7 Å². The van der Waals surface area contributed by atoms with Crippen molar-refractivity contribution in [3.8, 4) is 5.75 Å². The summed E-state index contributed by atoms with van der Waals surface area (Å²) in [6, 6.07) is 19.6. The third kappa shape index (κ3) is 5.00. The number of carbonyl (C=O) groups excluding carboxylic acids is 2. The summed E-state index contributed by atoms with van der Waals surface area (Å²) in [5.74, 6) is 0.304. The van der Waals surface area contributed by atoms with E-state index < -0.39 is 5.60 Å². The molecule has 0 fully saturated rings. The van der Waals surface area contributed by atoms with Crippen LogP contribution in [-0.4, -0.2) is 17.3 Å². The maximum Gasteiger partial charge on any atom is 0.263 e. The van der Waals surface area contributed by atoms with Crippen molar-refractivity contribution < 1.29 is 14.3 Å². The molecule has 0 aliphatic heterocycles. The molecule has 1 heterocycles. The summed E-state index contributed by atoms with van der Waals surface area (Å²) in [7, 11) is 0. The predicted molar refractivity (Wildman–Crippen MR) is 112 cm³/mol. The predicted octanol–water partition coefficient (Wildman–Crippen LogP) is 5.11. The molecule has 1 aromatic heterocycles. The molecule has 0 bridgehead atoms. The molecular weight excluding hydrogens is 394 g/mol. The van der Waals surface area contributed by atoms with Crippen LogP contribution in [0.25, 0.3) is 0 Å². The van der Waals surface area contributed by atoms with Crippen LogP contribution in [0, 0.1) is 0 Å². The van der Waals surface area contributed by atoms with E-state index in [1.807, 2.05) is 24.3 Å². The monoisotopic (exact) mass is 413 g/mol. The van der Waals surface area contributed by atoms with Gasteiger partial charge in [0.05, 0.1) is 11.4 Å². The highest BCUT2D eigenvalue weighted by atomic mass is 35.5. The number of hydrogen-bond donors (Lipinski definition) is 1. The van der Waals surface area contributed by atoms with E-state index >= 15 is 0 Å². The van der Waals surface area contributed by atoms with Crippen molar-refractivity contribution >= 4 is 34.6 Å². The summed E-state index contributed by atoms with van der Waals surface area (Å²) in [5.41, 5.74) is -0.397. The van der Waals surface area contributed by atoms with Crippen molar-refractivity contribution in [3.05, 3.63) is 87.1 Å². The number of ether oxygens (including phenoxy) is 1. The maximum atomic E-state index is 12.5. The number of amides is 1. The van der Waals surface area contributed by atoms with Gasteiger partial charge in [0.1, 0.15) is 5.75 Å². The van der Waals surface area contributed by atoms with E-state index in [0.717, 1.165) is 4.88 Å². The number of carbonyl (C=O) groups is 2. The molecule has 28 heavy (non-hydrogen) atoms. The number of hydrogen-bond acceptors (Lipinski definition) is 4. The highest BCUT2D eigenvalue weighted by Gasteiger charge is 2.29. The standard InChI is InChI=1S/C22H20ClNO3S/c1-22(2,27-17-10-8-16(23)9-11-17)21(26)24-14-18-12-13-19(28-18)20(25)15-6-4-3-5-7-15/h3-13H,14H2,1-2H3,(H,24,26). The molecule has 0 aliphatic rings. The lowest BCUT2D eigenvalue weighted by molar-refractivity contribution is -0.134. The van der Waals surface area contributed by atoms with E-state index in [1.54, 1.807) is 56.3 Å². The lowest BCUT2D eigenvalue weighted by atomic mass is 10.1. The van der Waals surface area contributed by atoms with Crippen LogP contribution in [-0.2, 0) is 11.3 Å². The Bertz CT molecular complexity index is 965. The molecule has 144 valence electrons. The Balaban J connectivity index is 1.59. The zero-order valence-electron chi connectivity index (χ0n) is 15.6. The first-order valence-electron chi connectivity index (χ1n) is 8.76. The van der Waals surface area contributed by atoms with Gasteiger partial charge in [0.2, 0.25) is 5.78 Å². The lowest BCUT2D eigenvalue weighted by Crippen LogP contribution is -2.46. The summed E-state index contributed by atoms with van der Waals surface area (Å²) < 4.78 is 5.79. The van der Waals surface area contributed by atoms with E-state index in [4.69, 9.17) is 16.3 Å². The van der Waals surface area contributed by atoms with Crippen molar-refractivity contribution in [2.75, 3.05) is 0 Å². The third-order valence-electron chi connectivity index (χ3n) is 4.08. The Morgan fingerprint density at radius 1 is 1.00 bits per heavy atom. The third-order valence-corrected chi connectivity index (χ3v) is 5.41. The molecule has 3 aromatic rings. The molecule has 0 aliphatic carbocycles. The molecule has 0 atom stereocenters. The Labute approximate surface area is 173 Å². The van der Waals surface area contributed by atoms with Crippen LogP contribution in [0.15, 0.2) is 66.7 Å². The molecular formula is C22H20ClNO3S. The SMILES string of the molecule is CC(C)(Oc1ccc(Cl)cc1)C(=O)NCc1ccc(C(=O)c2ccccc2)s1. The van der Waals surface area contributed by atoms with Crippen LogP contribution < -0.4 is 10.1 Å². The topological polar surface area (TPSA) is 55.4 Å². The van der Waals surface area contributed by atoms with Crippen molar-refractivity contribution in [3.63, 3.8) is 0 Å². The lowest BCUT2D eigenvalue weighted by Gasteiger charge is -2.25. The fraction of sp³-hybridized carbons (Fsp3) is 0.182. The van der Waals surface area contributed by atoms with Gasteiger partial charge in [-0.1, -0.05) is 41.9 Å². The molecule has 0 saturated carbocycles. The molecule has 0 unspecified atom stereocenters. The summed E-state index contributed by atoms with van der Waals surface area (Å²) in [6.07, 6.45) is 0. The van der Waals surface area contributed by atoms with Crippen LogP contribution in [0.2, 0.25) is 5.02 Å². The van der Waals surface area contributed by atoms with Gasteiger partial charge < -0.3 is 10.1 Å². The molecule has 0 radical (unpaired) electrons. The van der Waals surface area contributed by atoms with E-state index in [0.29, 0.717) is 27.8 Å². The zero-order chi connectivity index (χ0) is 20.1. The molecule has 1 N–H and O–H groups in total. The Kier molecular flexibility index (Phi) is 6.17. The highest BCUT2D eigenvalue weighted by Crippen LogP contribution is 2.22. The summed E-state index contributed by atoms with van der Waals surface area (Å²) in [4.78, 5) is 26.6. The molecule has 3 rings (SSSR count). The van der Waals surface area contributed by atoms with Crippen molar-refractivity contribution in [1.82, 2.24) is 5.32 Å². The summed E-state index contributed by atoms with van der Waals surface area (Å²) >= 11 is 7.24. The second-order valence-electron chi connectivity index (χ2n) is 6.71. The van der Waals surface area contributed by atoms with Gasteiger partial charge in [0.15, 0.2) is 5.60 Å². The van der Waals surface area contributed by atoms with Crippen LogP contribution in [0.4, 0.5) is 0 Å². The average molecular weight is 414 g/mol. The number of nitrogens with one attached hydrogen (secondary N) is 1. The normalized spacial score (nSPS) is 11.1. The van der Waals surface area contributed by atoms with Crippen LogP contribution in [0.3, 0.4) is 0 Å². The number of halogens is 1. The van der Waals surface area contributed by atoms with Gasteiger partial charge in [-0.3, -0.25) is 9.59 Å². The molecule has 0 saturated heterocycles. The Hall–Kier alpha value is -2.63. The Morgan fingerprint density at radius 3 is 2.36 bits per heavy atom. The zero-order valence-corrected chi connectivity index (χ0v) is 17.1. The fourth-order valence-electron chi connectivity index (χ4n) is 2.55. The van der Waals surface area contributed by atoms with Crippen LogP contribution in [0.5, 0.6) is 5.75 Å². The van der Waals surface area contributed by atoms with Crippen molar-refractivity contribution in [2.24, 2.45) is 0 Å². The first kappa shape index (κ1) is 20.1. The second kappa shape index (κ2) is 8.59. The van der Waals surface area contributed by atoms with Gasteiger partial charge in [0, 0.05) is 15.5 Å². The number of benzene rings is 2. The fourth-order valence-corrected chi connectivity index (χ4v) is 3.59. The second-order valence-corrected chi connectivity index (χ2v) is 8.31. The van der Waals surface area contributed by atoms with E-state index in [2.05, 4.69) is 5.32 Å². The minimum absolute atomic E-state index is 0.0189. The molecule has 0 spiro atoms. The van der Waals surface area contributed by atoms with E-state index in [9.17, 15) is 9.59 Å².